The Hall–Kier alpha value is -3.63. The summed E-state index contributed by atoms with van der Waals surface area (Å²) in [6, 6.07) is 19.6. The first-order chi connectivity index (χ1) is 20.0. The highest BCUT2D eigenvalue weighted by atomic mass is 35.5. The smallest absolute Gasteiger partial charge is 0.350 e. The number of aromatic nitrogens is 1. The molecule has 0 radical (unpaired) electrons. The highest BCUT2D eigenvalue weighted by molar-refractivity contribution is 6.30. The standard InChI is InChI=1S/C17H18ClNO4.C15H23NO3/c1-17(2,23-15-8-6-12(18)7-9-15)16(21)22-11-14-5-3-4-13(10-20)19-14;1-4-9-18-14-7-5-6-8-15(14)19-11-13(17)10-16-12(2)3/h3-9,20H,10-11H2,1-2H3;4-8,12-13,16-17H,1,9-11H2,2-3H3. The molecule has 0 spiro atoms. The zero-order chi connectivity index (χ0) is 31.0. The van der Waals surface area contributed by atoms with Crippen LogP contribution in [0.1, 0.15) is 39.1 Å². The molecule has 3 rings (SSSR count). The van der Waals surface area contributed by atoms with Crippen molar-refractivity contribution in [2.24, 2.45) is 0 Å². The van der Waals surface area contributed by atoms with E-state index >= 15 is 0 Å². The molecule has 0 aliphatic carbocycles. The number of esters is 1. The lowest BCUT2D eigenvalue weighted by Crippen LogP contribution is -2.39. The molecule has 2 aromatic carbocycles. The highest BCUT2D eigenvalue weighted by Gasteiger charge is 2.32. The van der Waals surface area contributed by atoms with Crippen molar-refractivity contribution in [3.63, 3.8) is 0 Å². The lowest BCUT2D eigenvalue weighted by atomic mass is 10.1. The van der Waals surface area contributed by atoms with Gasteiger partial charge in [-0.2, -0.15) is 0 Å². The van der Waals surface area contributed by atoms with E-state index in [1.54, 1.807) is 62.4 Å². The molecule has 1 aromatic heterocycles. The predicted octanol–water partition coefficient (Wildman–Crippen LogP) is 5.12. The Morgan fingerprint density at radius 1 is 1.02 bits per heavy atom. The molecule has 42 heavy (non-hydrogen) atoms. The second kappa shape index (κ2) is 18.0. The van der Waals surface area contributed by atoms with Crippen molar-refractivity contribution in [2.45, 2.75) is 58.7 Å². The zero-order valence-electron chi connectivity index (χ0n) is 24.6. The Morgan fingerprint density at radius 3 is 2.29 bits per heavy atom. The van der Waals surface area contributed by atoms with Gasteiger partial charge in [0.25, 0.3) is 0 Å². The number of ether oxygens (including phenoxy) is 4. The van der Waals surface area contributed by atoms with Gasteiger partial charge < -0.3 is 34.5 Å². The summed E-state index contributed by atoms with van der Waals surface area (Å²) in [5.74, 6) is 1.31. The van der Waals surface area contributed by atoms with Crippen LogP contribution in [-0.2, 0) is 22.7 Å². The number of pyridine rings is 1. The molecule has 10 heteroatoms. The van der Waals surface area contributed by atoms with Gasteiger partial charge in [-0.25, -0.2) is 4.79 Å². The van der Waals surface area contributed by atoms with Gasteiger partial charge in [-0.3, -0.25) is 4.98 Å². The van der Waals surface area contributed by atoms with Crippen LogP contribution in [0.3, 0.4) is 0 Å². The van der Waals surface area contributed by atoms with E-state index in [9.17, 15) is 9.90 Å². The molecule has 0 amide bonds. The summed E-state index contributed by atoms with van der Waals surface area (Å²) >= 11 is 5.82. The summed E-state index contributed by atoms with van der Waals surface area (Å²) in [7, 11) is 0. The molecule has 3 aromatic rings. The van der Waals surface area contributed by atoms with Gasteiger partial charge in [-0.1, -0.05) is 56.3 Å². The third-order valence-corrected chi connectivity index (χ3v) is 5.71. The minimum atomic E-state index is -1.15. The van der Waals surface area contributed by atoms with Crippen molar-refractivity contribution >= 4 is 17.6 Å². The third-order valence-electron chi connectivity index (χ3n) is 5.45. The topological polar surface area (TPSA) is 119 Å². The van der Waals surface area contributed by atoms with Crippen LogP contribution < -0.4 is 19.5 Å². The summed E-state index contributed by atoms with van der Waals surface area (Å²) < 4.78 is 22.0. The molecule has 0 bridgehead atoms. The van der Waals surface area contributed by atoms with Crippen LogP contribution in [0.15, 0.2) is 79.4 Å². The number of halogens is 1. The zero-order valence-corrected chi connectivity index (χ0v) is 25.3. The number of benzene rings is 2. The Kier molecular flexibility index (Phi) is 14.8. The first-order valence-electron chi connectivity index (χ1n) is 13.6. The number of aliphatic hydroxyl groups is 2. The fourth-order valence-corrected chi connectivity index (χ4v) is 3.43. The Bertz CT molecular complexity index is 1240. The van der Waals surface area contributed by atoms with E-state index in [-0.39, 0.29) is 19.8 Å². The van der Waals surface area contributed by atoms with Gasteiger partial charge in [0.1, 0.15) is 31.7 Å². The number of hydrogen-bond acceptors (Lipinski definition) is 9. The van der Waals surface area contributed by atoms with Crippen molar-refractivity contribution in [3.8, 4) is 17.2 Å². The number of para-hydroxylation sites is 2. The minimum Gasteiger partial charge on any atom is -0.487 e. The summed E-state index contributed by atoms with van der Waals surface area (Å²) in [5.41, 5.74) is -0.0648. The lowest BCUT2D eigenvalue weighted by molar-refractivity contribution is -0.160. The maximum Gasteiger partial charge on any atom is 0.350 e. The van der Waals surface area contributed by atoms with Gasteiger partial charge in [0.15, 0.2) is 17.1 Å². The van der Waals surface area contributed by atoms with Crippen LogP contribution in [-0.4, -0.2) is 58.7 Å². The fraction of sp³-hybridized carbons (Fsp3) is 0.375. The van der Waals surface area contributed by atoms with Gasteiger partial charge >= 0.3 is 5.97 Å². The molecule has 1 unspecified atom stereocenters. The van der Waals surface area contributed by atoms with Crippen LogP contribution >= 0.6 is 11.6 Å². The van der Waals surface area contributed by atoms with Gasteiger partial charge in [0.05, 0.1) is 18.0 Å². The average Bonchev–Trinajstić information content (AvgIpc) is 2.98. The van der Waals surface area contributed by atoms with Crippen LogP contribution in [0, 0.1) is 0 Å². The van der Waals surface area contributed by atoms with E-state index in [0.717, 1.165) is 0 Å². The van der Waals surface area contributed by atoms with Crippen molar-refractivity contribution in [2.75, 3.05) is 19.8 Å². The van der Waals surface area contributed by atoms with Crippen LogP contribution in [0.25, 0.3) is 0 Å². The van der Waals surface area contributed by atoms with Crippen molar-refractivity contribution < 1.29 is 34.0 Å². The maximum atomic E-state index is 12.2. The van der Waals surface area contributed by atoms with Crippen molar-refractivity contribution in [1.82, 2.24) is 10.3 Å². The number of nitrogens with zero attached hydrogens (tertiary/aromatic N) is 1. The monoisotopic (exact) mass is 600 g/mol. The number of rotatable bonds is 15. The quantitative estimate of drug-likeness (QED) is 0.161. The molecule has 0 fully saturated rings. The number of carbonyl (C=O) groups is 1. The van der Waals surface area contributed by atoms with E-state index in [0.29, 0.717) is 52.9 Å². The molecule has 3 N–H and O–H groups in total. The summed E-state index contributed by atoms with van der Waals surface area (Å²) in [6.45, 7) is 11.9. The number of carbonyl (C=O) groups excluding carboxylic acids is 1. The first kappa shape index (κ1) is 34.6. The second-order valence-electron chi connectivity index (χ2n) is 9.99. The van der Waals surface area contributed by atoms with Crippen LogP contribution in [0.2, 0.25) is 5.02 Å². The van der Waals surface area contributed by atoms with Crippen LogP contribution in [0.4, 0.5) is 0 Å². The first-order valence-corrected chi connectivity index (χ1v) is 14.0. The van der Waals surface area contributed by atoms with Crippen molar-refractivity contribution in [1.29, 1.82) is 0 Å². The minimum absolute atomic E-state index is 0.0140. The molecule has 0 saturated carbocycles. The Labute approximate surface area is 253 Å². The van der Waals surface area contributed by atoms with Gasteiger partial charge in [-0.05, 0) is 62.4 Å². The molecule has 0 aliphatic rings. The highest BCUT2D eigenvalue weighted by Crippen LogP contribution is 2.26. The maximum absolute atomic E-state index is 12.2. The largest absolute Gasteiger partial charge is 0.487 e. The summed E-state index contributed by atoms with van der Waals surface area (Å²) in [6.07, 6.45) is 1.13. The SMILES string of the molecule is C=CCOc1ccccc1OCC(O)CNC(C)C.CC(C)(Oc1ccc(Cl)cc1)C(=O)OCc1cccc(CO)n1. The predicted molar refractivity (Wildman–Crippen MR) is 163 cm³/mol. The molecular formula is C32H41ClN2O7. The molecule has 0 aliphatic heterocycles. The second-order valence-corrected chi connectivity index (χ2v) is 10.4. The molecule has 9 nitrogen and oxygen atoms in total. The number of nitrogens with one attached hydrogen (secondary N) is 1. The normalized spacial score (nSPS) is 11.6. The molecular weight excluding hydrogens is 560 g/mol. The fourth-order valence-electron chi connectivity index (χ4n) is 3.30. The van der Waals surface area contributed by atoms with Gasteiger partial charge in [0, 0.05) is 17.6 Å². The number of aliphatic hydroxyl groups excluding tert-OH is 2. The Morgan fingerprint density at radius 2 is 1.67 bits per heavy atom. The molecule has 228 valence electrons. The molecule has 0 saturated heterocycles. The summed E-state index contributed by atoms with van der Waals surface area (Å²) in [5, 5.41) is 22.6. The van der Waals surface area contributed by atoms with E-state index in [4.69, 9.17) is 35.7 Å². The van der Waals surface area contributed by atoms with E-state index in [1.807, 2.05) is 38.1 Å². The van der Waals surface area contributed by atoms with Crippen LogP contribution in [0.5, 0.6) is 17.2 Å². The van der Waals surface area contributed by atoms with Crippen molar-refractivity contribution in [3.05, 3.63) is 95.8 Å². The van der Waals surface area contributed by atoms with E-state index < -0.39 is 17.7 Å². The molecule has 1 atom stereocenters. The molecule has 1 heterocycles. The number of hydrogen-bond donors (Lipinski definition) is 3. The summed E-state index contributed by atoms with van der Waals surface area (Å²) in [4.78, 5) is 16.4. The third kappa shape index (κ3) is 12.9. The lowest BCUT2D eigenvalue weighted by Gasteiger charge is -2.24. The Balaban J connectivity index is 0.000000299. The van der Waals surface area contributed by atoms with Gasteiger partial charge in [0.2, 0.25) is 0 Å². The van der Waals surface area contributed by atoms with Gasteiger partial charge in [-0.15, -0.1) is 0 Å². The van der Waals surface area contributed by atoms with E-state index in [1.165, 1.54) is 0 Å². The van der Waals surface area contributed by atoms with E-state index in [2.05, 4.69) is 16.9 Å². The average molecular weight is 601 g/mol.